The normalized spacial score (nSPS) is 10.7. The van der Waals surface area contributed by atoms with Crippen molar-refractivity contribution in [2.45, 2.75) is 0 Å². The topological polar surface area (TPSA) is 68.1 Å². The van der Waals surface area contributed by atoms with E-state index in [9.17, 15) is 9.90 Å². The molecule has 0 atom stereocenters. The van der Waals surface area contributed by atoms with Crippen LogP contribution in [0, 0.1) is 0 Å². The van der Waals surface area contributed by atoms with Crippen LogP contribution in [-0.4, -0.2) is 37.9 Å². The van der Waals surface area contributed by atoms with Crippen molar-refractivity contribution < 1.29 is 19.4 Å². The molecule has 0 bridgehead atoms. The molecule has 0 saturated carbocycles. The van der Waals surface area contributed by atoms with Crippen LogP contribution in [0.25, 0.3) is 0 Å². The highest BCUT2D eigenvalue weighted by Gasteiger charge is 2.09. The molecule has 1 N–H and O–H groups in total. The van der Waals surface area contributed by atoms with E-state index in [0.717, 1.165) is 0 Å². The first-order chi connectivity index (χ1) is 11.0. The predicted molar refractivity (Wildman–Crippen MR) is 89.5 cm³/mol. The van der Waals surface area contributed by atoms with Gasteiger partial charge in [-0.1, -0.05) is 11.6 Å². The number of hydrogen-bond acceptors (Lipinski definition) is 5. The zero-order valence-corrected chi connectivity index (χ0v) is 13.5. The lowest BCUT2D eigenvalue weighted by Crippen LogP contribution is -2.04. The Morgan fingerprint density at radius 3 is 2.61 bits per heavy atom. The van der Waals surface area contributed by atoms with Gasteiger partial charge in [0.25, 0.3) is 0 Å². The van der Waals surface area contributed by atoms with Gasteiger partial charge in [0.2, 0.25) is 0 Å². The van der Waals surface area contributed by atoms with Crippen molar-refractivity contribution in [3.05, 3.63) is 52.5 Å². The number of benzene rings is 2. The van der Waals surface area contributed by atoms with Crippen LogP contribution in [0.15, 0.2) is 41.4 Å². The molecule has 0 aliphatic heterocycles. The van der Waals surface area contributed by atoms with Gasteiger partial charge >= 0.3 is 0 Å². The standard InChI is InChI=1S/C17H16ClNO4/c1-22-16-6-4-13(18)7-12(16)9-19-10-15(21)11-3-5-14(20)17(8-11)23-2/h3-9,20H,10H2,1-2H3. The average Bonchev–Trinajstić information content (AvgIpc) is 2.55. The van der Waals surface area contributed by atoms with Crippen molar-refractivity contribution >= 4 is 23.6 Å². The summed E-state index contributed by atoms with van der Waals surface area (Å²) in [7, 11) is 2.97. The monoisotopic (exact) mass is 333 g/mol. The number of rotatable bonds is 6. The Kier molecular flexibility index (Phi) is 5.60. The van der Waals surface area contributed by atoms with Gasteiger partial charge in [0.15, 0.2) is 17.3 Å². The van der Waals surface area contributed by atoms with E-state index in [2.05, 4.69) is 4.99 Å². The fourth-order valence-electron chi connectivity index (χ4n) is 1.98. The first-order valence-corrected chi connectivity index (χ1v) is 7.16. The Bertz CT molecular complexity index is 743. The molecule has 0 radical (unpaired) electrons. The molecule has 0 saturated heterocycles. The van der Waals surface area contributed by atoms with Crippen molar-refractivity contribution in [2.24, 2.45) is 4.99 Å². The maximum Gasteiger partial charge on any atom is 0.184 e. The number of methoxy groups -OCH3 is 2. The number of phenolic OH excluding ortho intramolecular Hbond substituents is 1. The van der Waals surface area contributed by atoms with Gasteiger partial charge in [-0.25, -0.2) is 0 Å². The minimum absolute atomic E-state index is 0.0174. The van der Waals surface area contributed by atoms with E-state index >= 15 is 0 Å². The number of phenols is 1. The number of nitrogens with zero attached hydrogens (tertiary/aromatic N) is 1. The molecule has 0 spiro atoms. The Balaban J connectivity index is 2.11. The number of aromatic hydroxyl groups is 1. The number of ether oxygens (including phenoxy) is 2. The quantitative estimate of drug-likeness (QED) is 0.650. The number of carbonyl (C=O) groups is 1. The zero-order valence-electron chi connectivity index (χ0n) is 12.7. The fourth-order valence-corrected chi connectivity index (χ4v) is 2.16. The zero-order chi connectivity index (χ0) is 16.8. The molecule has 2 rings (SSSR count). The lowest BCUT2D eigenvalue weighted by atomic mass is 10.1. The Labute approximate surface area is 139 Å². The van der Waals surface area contributed by atoms with Gasteiger partial charge in [0, 0.05) is 22.4 Å². The minimum Gasteiger partial charge on any atom is -0.504 e. The molecule has 0 fully saturated rings. The molecule has 5 nitrogen and oxygen atoms in total. The predicted octanol–water partition coefficient (Wildman–Crippen LogP) is 3.36. The van der Waals surface area contributed by atoms with E-state index in [1.54, 1.807) is 31.5 Å². The van der Waals surface area contributed by atoms with Crippen LogP contribution in [0.3, 0.4) is 0 Å². The van der Waals surface area contributed by atoms with Gasteiger partial charge in [0.05, 0.1) is 14.2 Å². The summed E-state index contributed by atoms with van der Waals surface area (Å²) in [6.07, 6.45) is 1.54. The van der Waals surface area contributed by atoms with E-state index in [0.29, 0.717) is 21.9 Å². The molecule has 6 heteroatoms. The largest absolute Gasteiger partial charge is 0.504 e. The van der Waals surface area contributed by atoms with Crippen molar-refractivity contribution in [3.63, 3.8) is 0 Å². The van der Waals surface area contributed by atoms with Gasteiger partial charge in [0.1, 0.15) is 12.3 Å². The maximum absolute atomic E-state index is 12.1. The third-order valence-corrected chi connectivity index (χ3v) is 3.39. The maximum atomic E-state index is 12.1. The van der Waals surface area contributed by atoms with Crippen LogP contribution in [0.4, 0.5) is 0 Å². The first kappa shape index (κ1) is 16.8. The number of Topliss-reactive ketones (excluding diaryl/α,β-unsaturated/α-hetero) is 1. The van der Waals surface area contributed by atoms with Crippen LogP contribution in [-0.2, 0) is 0 Å². The van der Waals surface area contributed by atoms with Gasteiger partial charge < -0.3 is 14.6 Å². The van der Waals surface area contributed by atoms with Gasteiger partial charge in [-0.3, -0.25) is 9.79 Å². The summed E-state index contributed by atoms with van der Waals surface area (Å²) in [6.45, 7) is -0.0381. The first-order valence-electron chi connectivity index (χ1n) is 6.78. The summed E-state index contributed by atoms with van der Waals surface area (Å²) in [5, 5.41) is 10.1. The summed E-state index contributed by atoms with van der Waals surface area (Å²) in [6, 6.07) is 9.57. The minimum atomic E-state index is -0.194. The highest BCUT2D eigenvalue weighted by Crippen LogP contribution is 2.26. The van der Waals surface area contributed by atoms with E-state index in [1.165, 1.54) is 25.3 Å². The molecule has 0 aliphatic rings. The lowest BCUT2D eigenvalue weighted by molar-refractivity contribution is 0.100. The number of ketones is 1. The highest BCUT2D eigenvalue weighted by atomic mass is 35.5. The molecule has 0 unspecified atom stereocenters. The second kappa shape index (κ2) is 7.65. The summed E-state index contributed by atoms with van der Waals surface area (Å²) in [5.74, 6) is 0.657. The summed E-state index contributed by atoms with van der Waals surface area (Å²) >= 11 is 5.94. The SMILES string of the molecule is COc1cc(C(=O)CN=Cc2cc(Cl)ccc2OC)ccc1O. The number of carbonyl (C=O) groups excluding carboxylic acids is 1. The number of aliphatic imine (C=N–C) groups is 1. The molecule has 0 aromatic heterocycles. The molecule has 2 aromatic rings. The van der Waals surface area contributed by atoms with Gasteiger partial charge in [-0.2, -0.15) is 0 Å². The van der Waals surface area contributed by atoms with E-state index in [4.69, 9.17) is 21.1 Å². The molecule has 0 amide bonds. The summed E-state index contributed by atoms with van der Waals surface area (Å²) in [4.78, 5) is 16.3. The van der Waals surface area contributed by atoms with Gasteiger partial charge in [-0.15, -0.1) is 0 Å². The second-order valence-electron chi connectivity index (χ2n) is 4.67. The number of hydrogen-bond donors (Lipinski definition) is 1. The van der Waals surface area contributed by atoms with Crippen molar-refractivity contribution in [2.75, 3.05) is 20.8 Å². The molecule has 0 heterocycles. The Hall–Kier alpha value is -2.53. The molecule has 120 valence electrons. The number of halogens is 1. The second-order valence-corrected chi connectivity index (χ2v) is 5.10. The van der Waals surface area contributed by atoms with E-state index < -0.39 is 0 Å². The summed E-state index contributed by atoms with van der Waals surface area (Å²) in [5.41, 5.74) is 1.10. The van der Waals surface area contributed by atoms with Crippen LogP contribution in [0.5, 0.6) is 17.2 Å². The van der Waals surface area contributed by atoms with Crippen molar-refractivity contribution in [1.82, 2.24) is 0 Å². The third kappa shape index (κ3) is 4.23. The fraction of sp³-hybridized carbons (Fsp3) is 0.176. The highest BCUT2D eigenvalue weighted by molar-refractivity contribution is 6.30. The molecule has 2 aromatic carbocycles. The Morgan fingerprint density at radius 1 is 1.17 bits per heavy atom. The van der Waals surface area contributed by atoms with Crippen LogP contribution in [0.1, 0.15) is 15.9 Å². The third-order valence-electron chi connectivity index (χ3n) is 3.16. The molecular weight excluding hydrogens is 318 g/mol. The smallest absolute Gasteiger partial charge is 0.184 e. The lowest BCUT2D eigenvalue weighted by Gasteiger charge is -2.05. The average molecular weight is 334 g/mol. The Morgan fingerprint density at radius 2 is 1.91 bits per heavy atom. The molecular formula is C17H16ClNO4. The van der Waals surface area contributed by atoms with Crippen LogP contribution < -0.4 is 9.47 Å². The molecule has 23 heavy (non-hydrogen) atoms. The van der Waals surface area contributed by atoms with E-state index in [1.807, 2.05) is 0 Å². The van der Waals surface area contributed by atoms with Crippen molar-refractivity contribution in [1.29, 1.82) is 0 Å². The van der Waals surface area contributed by atoms with Gasteiger partial charge in [-0.05, 0) is 36.4 Å². The van der Waals surface area contributed by atoms with E-state index in [-0.39, 0.29) is 23.8 Å². The van der Waals surface area contributed by atoms with Crippen LogP contribution in [0.2, 0.25) is 5.02 Å². The van der Waals surface area contributed by atoms with Crippen molar-refractivity contribution in [3.8, 4) is 17.2 Å². The van der Waals surface area contributed by atoms with Crippen LogP contribution >= 0.6 is 11.6 Å². The summed E-state index contributed by atoms with van der Waals surface area (Å²) < 4.78 is 10.2. The molecule has 0 aliphatic carbocycles.